The standard InChI is InChI=1S/C15H18N4O2/c1-11-7-8-16-15(18-11)17-9-13(10-20)19-14(21)12-5-3-2-4-6-12/h2-8,13,20H,9-10H2,1H3,(H,19,21)(H,16,17,18). The lowest BCUT2D eigenvalue weighted by atomic mass is 10.2. The number of nitrogens with one attached hydrogen (secondary N) is 2. The first kappa shape index (κ1) is 14.9. The van der Waals surface area contributed by atoms with Crippen LogP contribution >= 0.6 is 0 Å². The highest BCUT2D eigenvalue weighted by atomic mass is 16.3. The fourth-order valence-corrected chi connectivity index (χ4v) is 1.77. The van der Waals surface area contributed by atoms with E-state index in [1.165, 1.54) is 0 Å². The maximum absolute atomic E-state index is 12.0. The summed E-state index contributed by atoms with van der Waals surface area (Å²) in [4.78, 5) is 20.3. The smallest absolute Gasteiger partial charge is 0.251 e. The highest BCUT2D eigenvalue weighted by molar-refractivity contribution is 5.94. The van der Waals surface area contributed by atoms with E-state index in [2.05, 4.69) is 20.6 Å². The van der Waals surface area contributed by atoms with E-state index >= 15 is 0 Å². The fourth-order valence-electron chi connectivity index (χ4n) is 1.77. The van der Waals surface area contributed by atoms with Crippen molar-refractivity contribution < 1.29 is 9.90 Å². The number of aliphatic hydroxyl groups is 1. The van der Waals surface area contributed by atoms with Gasteiger partial charge >= 0.3 is 0 Å². The summed E-state index contributed by atoms with van der Waals surface area (Å²) < 4.78 is 0. The largest absolute Gasteiger partial charge is 0.394 e. The molecule has 0 spiro atoms. The fraction of sp³-hybridized carbons (Fsp3) is 0.267. The van der Waals surface area contributed by atoms with E-state index in [9.17, 15) is 9.90 Å². The summed E-state index contributed by atoms with van der Waals surface area (Å²) in [6, 6.07) is 10.3. The molecule has 1 aromatic heterocycles. The molecular weight excluding hydrogens is 268 g/mol. The second kappa shape index (κ2) is 7.35. The summed E-state index contributed by atoms with van der Waals surface area (Å²) >= 11 is 0. The number of hydrogen-bond donors (Lipinski definition) is 3. The van der Waals surface area contributed by atoms with Crippen LogP contribution in [0, 0.1) is 6.92 Å². The molecule has 0 aliphatic rings. The minimum Gasteiger partial charge on any atom is -0.394 e. The quantitative estimate of drug-likeness (QED) is 0.737. The number of aliphatic hydroxyl groups excluding tert-OH is 1. The van der Waals surface area contributed by atoms with Crippen molar-refractivity contribution in [3.05, 3.63) is 53.9 Å². The molecule has 0 bridgehead atoms. The topological polar surface area (TPSA) is 87.1 Å². The molecule has 2 rings (SSSR count). The summed E-state index contributed by atoms with van der Waals surface area (Å²) in [5, 5.41) is 15.1. The average Bonchev–Trinajstić information content (AvgIpc) is 2.52. The van der Waals surface area contributed by atoms with E-state index in [0.717, 1.165) is 5.69 Å². The van der Waals surface area contributed by atoms with Gasteiger partial charge in [-0.1, -0.05) is 18.2 Å². The van der Waals surface area contributed by atoms with Crippen molar-refractivity contribution in [1.82, 2.24) is 15.3 Å². The van der Waals surface area contributed by atoms with Crippen LogP contribution in [-0.2, 0) is 0 Å². The molecule has 0 aliphatic heterocycles. The number of aromatic nitrogens is 2. The second-order valence-electron chi connectivity index (χ2n) is 4.62. The van der Waals surface area contributed by atoms with Gasteiger partial charge in [0.2, 0.25) is 5.95 Å². The van der Waals surface area contributed by atoms with Crippen LogP contribution in [0.3, 0.4) is 0 Å². The number of hydrogen-bond acceptors (Lipinski definition) is 5. The Morgan fingerprint density at radius 2 is 2.05 bits per heavy atom. The number of anilines is 1. The highest BCUT2D eigenvalue weighted by Crippen LogP contribution is 2.01. The Morgan fingerprint density at radius 1 is 1.29 bits per heavy atom. The van der Waals surface area contributed by atoms with E-state index in [-0.39, 0.29) is 12.5 Å². The van der Waals surface area contributed by atoms with Gasteiger partial charge in [0, 0.05) is 24.0 Å². The van der Waals surface area contributed by atoms with Crippen LogP contribution in [0.4, 0.5) is 5.95 Å². The van der Waals surface area contributed by atoms with Crippen molar-refractivity contribution in [2.45, 2.75) is 13.0 Å². The van der Waals surface area contributed by atoms with Crippen LogP contribution in [-0.4, -0.2) is 40.2 Å². The van der Waals surface area contributed by atoms with Gasteiger partial charge in [0.15, 0.2) is 0 Å². The third-order valence-corrected chi connectivity index (χ3v) is 2.89. The van der Waals surface area contributed by atoms with Crippen LogP contribution in [0.5, 0.6) is 0 Å². The Balaban J connectivity index is 1.90. The van der Waals surface area contributed by atoms with Crippen LogP contribution in [0.25, 0.3) is 0 Å². The van der Waals surface area contributed by atoms with Gasteiger partial charge in [0.25, 0.3) is 5.91 Å². The molecule has 1 heterocycles. The predicted octanol–water partition coefficient (Wildman–Crippen LogP) is 0.988. The molecule has 0 aliphatic carbocycles. The lowest BCUT2D eigenvalue weighted by molar-refractivity contribution is 0.0920. The zero-order chi connectivity index (χ0) is 15.1. The minimum absolute atomic E-state index is 0.169. The van der Waals surface area contributed by atoms with Crippen molar-refractivity contribution in [1.29, 1.82) is 0 Å². The molecule has 0 fully saturated rings. The highest BCUT2D eigenvalue weighted by Gasteiger charge is 2.13. The van der Waals surface area contributed by atoms with Gasteiger partial charge < -0.3 is 15.7 Å². The van der Waals surface area contributed by atoms with Gasteiger partial charge in [-0.2, -0.15) is 0 Å². The van der Waals surface area contributed by atoms with Gasteiger partial charge in [0.1, 0.15) is 0 Å². The number of nitrogens with zero attached hydrogens (tertiary/aromatic N) is 2. The predicted molar refractivity (Wildman–Crippen MR) is 80.0 cm³/mol. The number of carbonyl (C=O) groups is 1. The van der Waals surface area contributed by atoms with Crippen molar-refractivity contribution >= 4 is 11.9 Å². The molecule has 21 heavy (non-hydrogen) atoms. The van der Waals surface area contributed by atoms with Crippen LogP contribution in [0.15, 0.2) is 42.6 Å². The van der Waals surface area contributed by atoms with E-state index in [1.54, 1.807) is 36.5 Å². The summed E-state index contributed by atoms with van der Waals surface area (Å²) in [6.45, 7) is 2.05. The van der Waals surface area contributed by atoms with Crippen LogP contribution in [0.2, 0.25) is 0 Å². The Morgan fingerprint density at radius 3 is 2.71 bits per heavy atom. The first-order valence-corrected chi connectivity index (χ1v) is 6.69. The molecule has 6 heteroatoms. The molecule has 1 aromatic carbocycles. The lowest BCUT2D eigenvalue weighted by Crippen LogP contribution is -2.42. The minimum atomic E-state index is -0.415. The van der Waals surface area contributed by atoms with Gasteiger partial charge in [-0.05, 0) is 25.1 Å². The van der Waals surface area contributed by atoms with Crippen LogP contribution in [0.1, 0.15) is 16.1 Å². The zero-order valence-corrected chi connectivity index (χ0v) is 11.8. The number of aryl methyl sites for hydroxylation is 1. The van der Waals surface area contributed by atoms with Crippen molar-refractivity contribution in [2.75, 3.05) is 18.5 Å². The SMILES string of the molecule is Cc1ccnc(NCC(CO)NC(=O)c2ccccc2)n1. The van der Waals surface area contributed by atoms with Gasteiger partial charge in [-0.25, -0.2) is 9.97 Å². The second-order valence-corrected chi connectivity index (χ2v) is 4.62. The summed E-state index contributed by atoms with van der Waals surface area (Å²) in [5.41, 5.74) is 1.41. The Hall–Kier alpha value is -2.47. The molecule has 1 amide bonds. The normalized spacial score (nSPS) is 11.7. The van der Waals surface area contributed by atoms with E-state index in [1.807, 2.05) is 13.0 Å². The number of benzene rings is 1. The molecule has 0 radical (unpaired) electrons. The number of rotatable bonds is 6. The monoisotopic (exact) mass is 286 g/mol. The van der Waals surface area contributed by atoms with Gasteiger partial charge in [-0.15, -0.1) is 0 Å². The van der Waals surface area contributed by atoms with Crippen molar-refractivity contribution in [3.8, 4) is 0 Å². The Bertz CT molecular complexity index is 589. The van der Waals surface area contributed by atoms with Crippen molar-refractivity contribution in [2.24, 2.45) is 0 Å². The van der Waals surface area contributed by atoms with E-state index < -0.39 is 6.04 Å². The lowest BCUT2D eigenvalue weighted by Gasteiger charge is -2.17. The molecule has 0 saturated carbocycles. The first-order valence-electron chi connectivity index (χ1n) is 6.69. The third kappa shape index (κ3) is 4.54. The average molecular weight is 286 g/mol. The molecule has 2 aromatic rings. The maximum atomic E-state index is 12.0. The first-order chi connectivity index (χ1) is 10.2. The van der Waals surface area contributed by atoms with E-state index in [4.69, 9.17) is 0 Å². The molecule has 6 nitrogen and oxygen atoms in total. The van der Waals surface area contributed by atoms with Crippen molar-refractivity contribution in [3.63, 3.8) is 0 Å². The molecular formula is C15H18N4O2. The number of carbonyl (C=O) groups excluding carboxylic acids is 1. The molecule has 1 atom stereocenters. The Labute approximate surface area is 123 Å². The zero-order valence-electron chi connectivity index (χ0n) is 11.8. The maximum Gasteiger partial charge on any atom is 0.251 e. The van der Waals surface area contributed by atoms with E-state index in [0.29, 0.717) is 18.1 Å². The molecule has 0 saturated heterocycles. The summed E-state index contributed by atoms with van der Waals surface area (Å²) in [7, 11) is 0. The van der Waals surface area contributed by atoms with Gasteiger partial charge in [-0.3, -0.25) is 4.79 Å². The molecule has 1 unspecified atom stereocenters. The van der Waals surface area contributed by atoms with Gasteiger partial charge in [0.05, 0.1) is 12.6 Å². The molecule has 110 valence electrons. The summed E-state index contributed by atoms with van der Waals surface area (Å²) in [5.74, 6) is 0.254. The Kier molecular flexibility index (Phi) is 5.22. The molecule has 3 N–H and O–H groups in total. The number of amides is 1. The summed E-state index contributed by atoms with van der Waals surface area (Å²) in [6.07, 6.45) is 1.65. The third-order valence-electron chi connectivity index (χ3n) is 2.89. The van der Waals surface area contributed by atoms with Crippen LogP contribution < -0.4 is 10.6 Å².